The van der Waals surface area contributed by atoms with E-state index < -0.39 is 0 Å². The molecule has 0 saturated carbocycles. The zero-order valence-corrected chi connectivity index (χ0v) is 16.1. The average Bonchev–Trinajstić information content (AvgIpc) is 3.24. The third-order valence-corrected chi connectivity index (χ3v) is 5.03. The highest BCUT2D eigenvalue weighted by Crippen LogP contribution is 2.25. The molecule has 0 saturated heterocycles. The van der Waals surface area contributed by atoms with Crippen molar-refractivity contribution in [3.8, 4) is 5.75 Å². The molecule has 7 heteroatoms. The van der Waals surface area contributed by atoms with Crippen molar-refractivity contribution in [3.63, 3.8) is 0 Å². The van der Waals surface area contributed by atoms with Gasteiger partial charge in [-0.3, -0.25) is 4.79 Å². The van der Waals surface area contributed by atoms with Crippen LogP contribution in [0.2, 0.25) is 0 Å². The van der Waals surface area contributed by atoms with E-state index in [0.717, 1.165) is 34.5 Å². The minimum absolute atomic E-state index is 0.161. The summed E-state index contributed by atoms with van der Waals surface area (Å²) >= 11 is 1.65. The summed E-state index contributed by atoms with van der Waals surface area (Å²) < 4.78 is 12.2. The Kier molecular flexibility index (Phi) is 5.88. The summed E-state index contributed by atoms with van der Waals surface area (Å²) in [6, 6.07) is 5.94. The van der Waals surface area contributed by atoms with Gasteiger partial charge in [-0.15, -0.1) is 11.3 Å². The first-order valence-electron chi connectivity index (χ1n) is 8.84. The van der Waals surface area contributed by atoms with Crippen molar-refractivity contribution < 1.29 is 13.9 Å². The van der Waals surface area contributed by atoms with Crippen LogP contribution in [-0.4, -0.2) is 21.9 Å². The third kappa shape index (κ3) is 4.40. The lowest BCUT2D eigenvalue weighted by Crippen LogP contribution is -2.34. The number of fused-ring (bicyclic) bond motifs is 1. The predicted octanol–water partition coefficient (Wildman–Crippen LogP) is 4.48. The third-order valence-electron chi connectivity index (χ3n) is 4.08. The molecule has 0 radical (unpaired) electrons. The largest absolute Gasteiger partial charge is 0.484 e. The Bertz CT molecular complexity index is 887. The highest BCUT2D eigenvalue weighted by atomic mass is 32.1. The quantitative estimate of drug-likeness (QED) is 0.630. The summed E-state index contributed by atoms with van der Waals surface area (Å²) in [5.41, 5.74) is 1.20. The highest BCUT2D eigenvalue weighted by molar-refractivity contribution is 7.18. The topological polar surface area (TPSA) is 77.2 Å². The first-order valence-corrected chi connectivity index (χ1v) is 9.66. The van der Waals surface area contributed by atoms with Crippen molar-refractivity contribution in [1.29, 1.82) is 0 Å². The van der Waals surface area contributed by atoms with Gasteiger partial charge in [0.15, 0.2) is 12.3 Å². The number of carbonyl (C=O) groups is 1. The molecule has 26 heavy (non-hydrogen) atoms. The first kappa shape index (κ1) is 18.4. The lowest BCUT2D eigenvalue weighted by Gasteiger charge is -2.14. The minimum Gasteiger partial charge on any atom is -0.484 e. The number of aromatic nitrogens is 2. The van der Waals surface area contributed by atoms with E-state index >= 15 is 0 Å². The molecule has 0 aliphatic carbocycles. The fraction of sp³-hybridized carbons (Fsp3) is 0.421. The molecule has 0 fully saturated rings. The zero-order valence-electron chi connectivity index (χ0n) is 15.2. The smallest absolute Gasteiger partial charge is 0.273 e. The van der Waals surface area contributed by atoms with Crippen LogP contribution in [-0.2, 0) is 6.61 Å². The van der Waals surface area contributed by atoms with E-state index in [2.05, 4.69) is 29.1 Å². The average molecular weight is 373 g/mol. The summed E-state index contributed by atoms with van der Waals surface area (Å²) in [6.07, 6.45) is 4.25. The molecular weight excluding hydrogens is 350 g/mol. The van der Waals surface area contributed by atoms with E-state index in [1.54, 1.807) is 11.3 Å². The maximum Gasteiger partial charge on any atom is 0.273 e. The number of hydrogen-bond donors (Lipinski definition) is 1. The molecule has 1 amide bonds. The molecule has 3 aromatic rings. The Labute approximate surface area is 156 Å². The van der Waals surface area contributed by atoms with Crippen LogP contribution in [0.25, 0.3) is 10.2 Å². The maximum atomic E-state index is 12.2. The number of benzene rings is 1. The SMILES string of the molecule is CCC[C@H](CC)NC(=O)c1coc(COc2ccc3sc(C)nc3c2)n1. The van der Waals surface area contributed by atoms with Crippen molar-refractivity contribution in [2.75, 3.05) is 0 Å². The Morgan fingerprint density at radius 3 is 2.96 bits per heavy atom. The predicted molar refractivity (Wildman–Crippen MR) is 102 cm³/mol. The molecule has 3 rings (SSSR count). The Morgan fingerprint density at radius 1 is 1.35 bits per heavy atom. The number of oxazole rings is 1. The molecule has 1 N–H and O–H groups in total. The summed E-state index contributed by atoms with van der Waals surface area (Å²) in [6.45, 7) is 6.30. The molecule has 0 spiro atoms. The number of aryl methyl sites for hydroxylation is 1. The molecule has 1 aromatic carbocycles. The van der Waals surface area contributed by atoms with E-state index in [-0.39, 0.29) is 24.2 Å². The molecule has 138 valence electrons. The Hall–Kier alpha value is -2.41. The van der Waals surface area contributed by atoms with Gasteiger partial charge in [0.1, 0.15) is 12.0 Å². The number of rotatable bonds is 8. The van der Waals surface area contributed by atoms with E-state index in [0.29, 0.717) is 11.6 Å². The van der Waals surface area contributed by atoms with Crippen LogP contribution >= 0.6 is 11.3 Å². The summed E-state index contributed by atoms with van der Waals surface area (Å²) in [7, 11) is 0. The van der Waals surface area contributed by atoms with Crippen LogP contribution in [0.5, 0.6) is 5.75 Å². The lowest BCUT2D eigenvalue weighted by molar-refractivity contribution is 0.0928. The van der Waals surface area contributed by atoms with Crippen LogP contribution in [0.3, 0.4) is 0 Å². The summed E-state index contributed by atoms with van der Waals surface area (Å²) in [4.78, 5) is 20.9. The second-order valence-corrected chi connectivity index (χ2v) is 7.38. The summed E-state index contributed by atoms with van der Waals surface area (Å²) in [5, 5.41) is 4.01. The monoisotopic (exact) mass is 373 g/mol. The second kappa shape index (κ2) is 8.31. The van der Waals surface area contributed by atoms with Crippen LogP contribution in [0.4, 0.5) is 0 Å². The fourth-order valence-corrected chi connectivity index (χ4v) is 3.53. The van der Waals surface area contributed by atoms with Crippen molar-refractivity contribution in [1.82, 2.24) is 15.3 Å². The van der Waals surface area contributed by atoms with Crippen LogP contribution in [0.1, 0.15) is 54.5 Å². The van der Waals surface area contributed by atoms with Gasteiger partial charge in [0.05, 0.1) is 15.2 Å². The van der Waals surface area contributed by atoms with E-state index in [4.69, 9.17) is 9.15 Å². The van der Waals surface area contributed by atoms with E-state index in [1.807, 2.05) is 25.1 Å². The van der Waals surface area contributed by atoms with Gasteiger partial charge < -0.3 is 14.5 Å². The standard InChI is InChI=1S/C19H23N3O3S/c1-4-6-13(5-2)21-19(23)16-10-25-18(22-16)11-24-14-7-8-17-15(9-14)20-12(3)26-17/h7-10,13H,4-6,11H2,1-3H3,(H,21,23)/t13-/m0/s1. The van der Waals surface area contributed by atoms with Gasteiger partial charge in [-0.25, -0.2) is 9.97 Å². The molecule has 2 aromatic heterocycles. The van der Waals surface area contributed by atoms with Crippen molar-refractivity contribution >= 4 is 27.5 Å². The minimum atomic E-state index is -0.209. The second-order valence-electron chi connectivity index (χ2n) is 6.14. The van der Waals surface area contributed by atoms with Crippen molar-refractivity contribution in [2.24, 2.45) is 0 Å². The number of nitrogens with zero attached hydrogens (tertiary/aromatic N) is 2. The fourth-order valence-electron chi connectivity index (χ4n) is 2.72. The Balaban J connectivity index is 1.59. The number of thiazole rings is 1. The molecule has 6 nitrogen and oxygen atoms in total. The lowest BCUT2D eigenvalue weighted by atomic mass is 10.1. The van der Waals surface area contributed by atoms with Crippen molar-refractivity contribution in [2.45, 2.75) is 52.7 Å². The van der Waals surface area contributed by atoms with E-state index in [1.165, 1.54) is 6.26 Å². The van der Waals surface area contributed by atoms with Gasteiger partial charge >= 0.3 is 0 Å². The van der Waals surface area contributed by atoms with Crippen LogP contribution < -0.4 is 10.1 Å². The van der Waals surface area contributed by atoms with Gasteiger partial charge in [-0.2, -0.15) is 0 Å². The van der Waals surface area contributed by atoms with Gasteiger partial charge in [0.2, 0.25) is 5.89 Å². The van der Waals surface area contributed by atoms with Crippen LogP contribution in [0, 0.1) is 6.92 Å². The maximum absolute atomic E-state index is 12.2. The number of carbonyl (C=O) groups excluding carboxylic acids is 1. The Morgan fingerprint density at radius 2 is 2.19 bits per heavy atom. The highest BCUT2D eigenvalue weighted by Gasteiger charge is 2.16. The number of ether oxygens (including phenoxy) is 1. The molecule has 0 unspecified atom stereocenters. The molecule has 0 aliphatic heterocycles. The summed E-state index contributed by atoms with van der Waals surface area (Å²) in [5.74, 6) is 0.855. The molecule has 0 aliphatic rings. The van der Waals surface area contributed by atoms with Crippen molar-refractivity contribution in [3.05, 3.63) is 41.1 Å². The van der Waals surface area contributed by atoms with Gasteiger partial charge in [-0.1, -0.05) is 20.3 Å². The zero-order chi connectivity index (χ0) is 18.5. The van der Waals surface area contributed by atoms with Crippen LogP contribution in [0.15, 0.2) is 28.9 Å². The molecule has 0 bridgehead atoms. The molecular formula is C19H23N3O3S. The van der Waals surface area contributed by atoms with Gasteiger partial charge in [-0.05, 0) is 31.9 Å². The first-order chi connectivity index (χ1) is 12.6. The molecule has 2 heterocycles. The number of nitrogens with one attached hydrogen (secondary N) is 1. The number of amides is 1. The van der Waals surface area contributed by atoms with Gasteiger partial charge in [0, 0.05) is 12.1 Å². The molecule has 1 atom stereocenters. The number of hydrogen-bond acceptors (Lipinski definition) is 6. The normalized spacial score (nSPS) is 12.3. The van der Waals surface area contributed by atoms with Gasteiger partial charge in [0.25, 0.3) is 5.91 Å². The van der Waals surface area contributed by atoms with E-state index in [9.17, 15) is 4.79 Å².